The summed E-state index contributed by atoms with van der Waals surface area (Å²) in [6, 6.07) is 6.09. The summed E-state index contributed by atoms with van der Waals surface area (Å²) in [6.45, 7) is 3.59. The number of nitro benzene ring substituents is 2. The molecule has 0 aliphatic heterocycles. The zero-order valence-electron chi connectivity index (χ0n) is 16.0. The van der Waals surface area contributed by atoms with Crippen LogP contribution < -0.4 is 10.5 Å². The number of hydrogen-bond donors (Lipinski definition) is 1. The number of amides is 1. The van der Waals surface area contributed by atoms with Crippen LogP contribution in [0.3, 0.4) is 0 Å². The highest BCUT2D eigenvalue weighted by Gasteiger charge is 2.28. The molecule has 2 aromatic rings. The maximum atomic E-state index is 12.6. The van der Waals surface area contributed by atoms with Crippen molar-refractivity contribution in [2.24, 2.45) is 5.73 Å². The first kappa shape index (κ1) is 22.7. The molecule has 0 spiro atoms. The topological polar surface area (TPSA) is 176 Å². The molecule has 0 radical (unpaired) electrons. The van der Waals surface area contributed by atoms with Crippen molar-refractivity contribution in [1.29, 1.82) is 0 Å². The maximum Gasteiger partial charge on any atom is 0.312 e. The van der Waals surface area contributed by atoms with Crippen LogP contribution in [0, 0.1) is 20.2 Å². The quantitative estimate of drug-likeness (QED) is 0.458. The summed E-state index contributed by atoms with van der Waals surface area (Å²) in [5, 5.41) is 22.8. The van der Waals surface area contributed by atoms with Crippen LogP contribution in [0.5, 0.6) is 11.5 Å². The lowest BCUT2D eigenvalue weighted by Gasteiger charge is -2.18. The fourth-order valence-corrected chi connectivity index (χ4v) is 4.10. The number of carbonyl (C=O) groups excluding carboxylic acids is 1. The van der Waals surface area contributed by atoms with Crippen molar-refractivity contribution in [3.05, 3.63) is 62.2 Å². The van der Waals surface area contributed by atoms with Gasteiger partial charge in [-0.1, -0.05) is 13.8 Å². The SMILES string of the molecule is CCN(CC)S(=O)(=O)c1ccc(Oc2ccc(C(N)=O)cc2[N+](=O)[O-])c([N+](=O)[O-])c1. The molecule has 2 rings (SSSR count). The maximum absolute atomic E-state index is 12.6. The summed E-state index contributed by atoms with van der Waals surface area (Å²) >= 11 is 0. The number of nitrogens with zero attached hydrogens (tertiary/aromatic N) is 3. The summed E-state index contributed by atoms with van der Waals surface area (Å²) < 4.78 is 31.7. The van der Waals surface area contributed by atoms with Gasteiger partial charge in [0.1, 0.15) is 0 Å². The highest BCUT2D eigenvalue weighted by molar-refractivity contribution is 7.89. The van der Waals surface area contributed by atoms with Gasteiger partial charge in [0.2, 0.25) is 27.4 Å². The number of hydrogen-bond acceptors (Lipinski definition) is 8. The number of nitrogens with two attached hydrogens (primary N) is 1. The van der Waals surface area contributed by atoms with Gasteiger partial charge >= 0.3 is 11.4 Å². The van der Waals surface area contributed by atoms with Crippen molar-refractivity contribution in [3.8, 4) is 11.5 Å². The standard InChI is InChI=1S/C17H18N4O8S/c1-3-19(4-2)30(27,28)12-6-8-16(14(10-12)21(25)26)29-15-7-5-11(17(18)22)9-13(15)20(23)24/h5-10H,3-4H2,1-2H3,(H2,18,22). The van der Waals surface area contributed by atoms with Gasteiger partial charge in [0.15, 0.2) is 0 Å². The molecule has 0 heterocycles. The first-order valence-electron chi connectivity index (χ1n) is 8.57. The minimum atomic E-state index is -3.97. The molecule has 12 nitrogen and oxygen atoms in total. The van der Waals surface area contributed by atoms with Gasteiger partial charge in [-0.25, -0.2) is 8.42 Å². The second-order valence-corrected chi connectivity index (χ2v) is 7.82. The molecule has 0 bridgehead atoms. The van der Waals surface area contributed by atoms with E-state index in [0.29, 0.717) is 0 Å². The molecule has 160 valence electrons. The molecule has 0 aliphatic carbocycles. The predicted molar refractivity (Wildman–Crippen MR) is 105 cm³/mol. The molecule has 13 heteroatoms. The van der Waals surface area contributed by atoms with Crippen molar-refractivity contribution in [1.82, 2.24) is 4.31 Å². The summed E-state index contributed by atoms with van der Waals surface area (Å²) in [6.07, 6.45) is 0. The van der Waals surface area contributed by atoms with E-state index in [9.17, 15) is 33.4 Å². The normalized spacial score (nSPS) is 11.3. The van der Waals surface area contributed by atoms with Crippen molar-refractivity contribution in [2.45, 2.75) is 18.7 Å². The lowest BCUT2D eigenvalue weighted by Crippen LogP contribution is -2.30. The monoisotopic (exact) mass is 438 g/mol. The van der Waals surface area contributed by atoms with E-state index in [0.717, 1.165) is 40.7 Å². The summed E-state index contributed by atoms with van der Waals surface area (Å²) in [7, 11) is -3.97. The van der Waals surface area contributed by atoms with Crippen LogP contribution in [0.25, 0.3) is 0 Å². The third kappa shape index (κ3) is 4.52. The highest BCUT2D eigenvalue weighted by Crippen LogP contribution is 2.38. The third-order valence-corrected chi connectivity index (χ3v) is 6.18. The van der Waals surface area contributed by atoms with Crippen LogP contribution in [0.2, 0.25) is 0 Å². The Balaban J connectivity index is 2.56. The van der Waals surface area contributed by atoms with Crippen molar-refractivity contribution in [3.63, 3.8) is 0 Å². The number of primary amides is 1. The van der Waals surface area contributed by atoms with E-state index < -0.39 is 42.9 Å². The average molecular weight is 438 g/mol. The molecular weight excluding hydrogens is 420 g/mol. The molecule has 0 unspecified atom stereocenters. The lowest BCUT2D eigenvalue weighted by atomic mass is 10.2. The van der Waals surface area contributed by atoms with Gasteiger partial charge in [-0.2, -0.15) is 4.31 Å². The van der Waals surface area contributed by atoms with Crippen molar-refractivity contribution >= 4 is 27.3 Å². The van der Waals surface area contributed by atoms with Gasteiger partial charge < -0.3 is 10.5 Å². The number of rotatable bonds is 9. The lowest BCUT2D eigenvalue weighted by molar-refractivity contribution is -0.387. The summed E-state index contributed by atoms with van der Waals surface area (Å²) in [5.41, 5.74) is 3.62. The molecule has 0 aliphatic rings. The van der Waals surface area contributed by atoms with E-state index in [2.05, 4.69) is 0 Å². The fourth-order valence-electron chi connectivity index (χ4n) is 2.62. The van der Waals surface area contributed by atoms with E-state index in [1.54, 1.807) is 13.8 Å². The minimum Gasteiger partial charge on any atom is -0.443 e. The van der Waals surface area contributed by atoms with Gasteiger partial charge in [-0.3, -0.25) is 25.0 Å². The minimum absolute atomic E-state index is 0.149. The summed E-state index contributed by atoms with van der Waals surface area (Å²) in [4.78, 5) is 32.0. The Hall–Kier alpha value is -3.58. The molecule has 0 aromatic heterocycles. The van der Waals surface area contributed by atoms with E-state index in [1.165, 1.54) is 0 Å². The first-order chi connectivity index (χ1) is 14.0. The van der Waals surface area contributed by atoms with E-state index in [1.807, 2.05) is 0 Å². The van der Waals surface area contributed by atoms with Gasteiger partial charge in [0, 0.05) is 30.8 Å². The zero-order chi connectivity index (χ0) is 22.6. The summed E-state index contributed by atoms with van der Waals surface area (Å²) in [5.74, 6) is -1.69. The van der Waals surface area contributed by atoms with Gasteiger partial charge in [0.05, 0.1) is 14.7 Å². The number of sulfonamides is 1. The van der Waals surface area contributed by atoms with Gasteiger partial charge in [-0.15, -0.1) is 0 Å². The number of ether oxygens (including phenoxy) is 1. The van der Waals surface area contributed by atoms with Crippen LogP contribution in [0.4, 0.5) is 11.4 Å². The Morgan fingerprint density at radius 2 is 1.50 bits per heavy atom. The molecule has 1 amide bonds. The van der Waals surface area contributed by atoms with Gasteiger partial charge in [0.25, 0.3) is 0 Å². The van der Waals surface area contributed by atoms with E-state index in [-0.39, 0.29) is 29.3 Å². The van der Waals surface area contributed by atoms with Crippen LogP contribution in [0.15, 0.2) is 41.3 Å². The van der Waals surface area contributed by atoms with Gasteiger partial charge in [-0.05, 0) is 24.3 Å². The first-order valence-corrected chi connectivity index (χ1v) is 10.0. The van der Waals surface area contributed by atoms with Crippen LogP contribution in [0.1, 0.15) is 24.2 Å². The number of benzene rings is 2. The molecule has 2 aromatic carbocycles. The van der Waals surface area contributed by atoms with E-state index in [4.69, 9.17) is 10.5 Å². The molecule has 0 fully saturated rings. The Morgan fingerprint density at radius 3 is 1.97 bits per heavy atom. The predicted octanol–water partition coefficient (Wildman–Crippen LogP) is 2.42. The molecular formula is C17H18N4O8S. The van der Waals surface area contributed by atoms with E-state index >= 15 is 0 Å². The third-order valence-electron chi connectivity index (χ3n) is 4.13. The Labute approximate surface area is 171 Å². The molecule has 0 atom stereocenters. The second kappa shape index (κ2) is 8.84. The average Bonchev–Trinajstić information content (AvgIpc) is 2.68. The zero-order valence-corrected chi connectivity index (χ0v) is 16.8. The largest absolute Gasteiger partial charge is 0.443 e. The second-order valence-electron chi connectivity index (χ2n) is 5.88. The Morgan fingerprint density at radius 1 is 1.00 bits per heavy atom. The molecule has 0 saturated carbocycles. The molecule has 2 N–H and O–H groups in total. The van der Waals surface area contributed by atoms with Crippen molar-refractivity contribution in [2.75, 3.05) is 13.1 Å². The number of nitro groups is 2. The fraction of sp³-hybridized carbons (Fsp3) is 0.235. The molecule has 0 saturated heterocycles. The molecule has 30 heavy (non-hydrogen) atoms. The Bertz CT molecular complexity index is 1110. The Kier molecular flexibility index (Phi) is 6.69. The van der Waals surface area contributed by atoms with Crippen LogP contribution in [-0.2, 0) is 10.0 Å². The highest BCUT2D eigenvalue weighted by atomic mass is 32.2. The van der Waals surface area contributed by atoms with Crippen LogP contribution in [-0.4, -0.2) is 41.6 Å². The van der Waals surface area contributed by atoms with Crippen molar-refractivity contribution < 1.29 is 27.8 Å². The number of carbonyl (C=O) groups is 1. The van der Waals surface area contributed by atoms with Crippen LogP contribution >= 0.6 is 0 Å². The smallest absolute Gasteiger partial charge is 0.312 e.